The lowest BCUT2D eigenvalue weighted by Crippen LogP contribution is -2.24. The Morgan fingerprint density at radius 2 is 2.06 bits per heavy atom. The predicted octanol–water partition coefficient (Wildman–Crippen LogP) is 2.87. The van der Waals surface area contributed by atoms with Crippen LogP contribution in [0, 0.1) is 5.92 Å². The van der Waals surface area contributed by atoms with Gasteiger partial charge in [0.1, 0.15) is 5.75 Å². The Morgan fingerprint density at radius 1 is 1.31 bits per heavy atom. The highest BCUT2D eigenvalue weighted by atomic mass is 16.5. The molecule has 90 valence electrons. The maximum Gasteiger partial charge on any atom is 0.119 e. The first-order valence-electron chi connectivity index (χ1n) is 5.96. The van der Waals surface area contributed by atoms with Gasteiger partial charge in [-0.2, -0.15) is 0 Å². The Bertz CT molecular complexity index is 311. The quantitative estimate of drug-likeness (QED) is 0.797. The van der Waals surface area contributed by atoms with Gasteiger partial charge in [-0.25, -0.2) is 0 Å². The van der Waals surface area contributed by atoms with Gasteiger partial charge in [-0.1, -0.05) is 19.1 Å². The van der Waals surface area contributed by atoms with E-state index in [2.05, 4.69) is 37.4 Å². The van der Waals surface area contributed by atoms with E-state index in [1.165, 1.54) is 12.0 Å². The monoisotopic (exact) mass is 221 g/mol. The fraction of sp³-hybridized carbons (Fsp3) is 0.571. The van der Waals surface area contributed by atoms with Crippen LogP contribution in [0.3, 0.4) is 0 Å². The highest BCUT2D eigenvalue weighted by Gasteiger charge is 2.08. The molecule has 2 heteroatoms. The molecule has 1 rings (SSSR count). The molecule has 0 heterocycles. The van der Waals surface area contributed by atoms with Gasteiger partial charge in [-0.05, 0) is 50.4 Å². The summed E-state index contributed by atoms with van der Waals surface area (Å²) in [6.07, 6.45) is 2.32. The van der Waals surface area contributed by atoms with Crippen LogP contribution < -0.4 is 10.1 Å². The molecule has 0 fully saturated rings. The summed E-state index contributed by atoms with van der Waals surface area (Å²) < 4.78 is 5.23. The van der Waals surface area contributed by atoms with Gasteiger partial charge in [0, 0.05) is 6.04 Å². The lowest BCUT2D eigenvalue weighted by Gasteiger charge is -2.16. The van der Waals surface area contributed by atoms with E-state index in [4.69, 9.17) is 4.74 Å². The first kappa shape index (κ1) is 13.0. The topological polar surface area (TPSA) is 21.3 Å². The molecule has 0 aromatic heterocycles. The van der Waals surface area contributed by atoms with Gasteiger partial charge in [0.05, 0.1) is 7.11 Å². The van der Waals surface area contributed by atoms with E-state index in [1.807, 2.05) is 13.1 Å². The second-order valence-corrected chi connectivity index (χ2v) is 4.59. The van der Waals surface area contributed by atoms with E-state index in [9.17, 15) is 0 Å². The SMILES string of the molecule is CNC(C)CC(C)Cc1cccc(OC)c1. The number of hydrogen-bond donors (Lipinski definition) is 1. The summed E-state index contributed by atoms with van der Waals surface area (Å²) in [6.45, 7) is 4.52. The first-order valence-corrected chi connectivity index (χ1v) is 5.96. The minimum Gasteiger partial charge on any atom is -0.497 e. The summed E-state index contributed by atoms with van der Waals surface area (Å²) in [4.78, 5) is 0. The van der Waals surface area contributed by atoms with Gasteiger partial charge in [-0.3, -0.25) is 0 Å². The fourth-order valence-electron chi connectivity index (χ4n) is 2.01. The fourth-order valence-corrected chi connectivity index (χ4v) is 2.01. The summed E-state index contributed by atoms with van der Waals surface area (Å²) in [5, 5.41) is 3.28. The predicted molar refractivity (Wildman–Crippen MR) is 69.0 cm³/mol. The molecule has 16 heavy (non-hydrogen) atoms. The van der Waals surface area contributed by atoms with Gasteiger partial charge >= 0.3 is 0 Å². The van der Waals surface area contributed by atoms with Gasteiger partial charge < -0.3 is 10.1 Å². The van der Waals surface area contributed by atoms with Crippen molar-refractivity contribution in [3.05, 3.63) is 29.8 Å². The zero-order chi connectivity index (χ0) is 12.0. The Morgan fingerprint density at radius 3 is 2.69 bits per heavy atom. The van der Waals surface area contributed by atoms with Crippen LogP contribution in [0.2, 0.25) is 0 Å². The van der Waals surface area contributed by atoms with Crippen molar-refractivity contribution < 1.29 is 4.74 Å². The number of methoxy groups -OCH3 is 1. The van der Waals surface area contributed by atoms with E-state index >= 15 is 0 Å². The summed E-state index contributed by atoms with van der Waals surface area (Å²) >= 11 is 0. The molecule has 1 aromatic rings. The van der Waals surface area contributed by atoms with E-state index in [0.29, 0.717) is 12.0 Å². The highest BCUT2D eigenvalue weighted by molar-refractivity contribution is 5.28. The van der Waals surface area contributed by atoms with Gasteiger partial charge in [0.25, 0.3) is 0 Å². The first-order chi connectivity index (χ1) is 7.65. The van der Waals surface area contributed by atoms with Crippen molar-refractivity contribution in [1.29, 1.82) is 0 Å². The summed E-state index contributed by atoms with van der Waals surface area (Å²) in [6, 6.07) is 8.93. The molecule has 0 bridgehead atoms. The van der Waals surface area contributed by atoms with Crippen LogP contribution >= 0.6 is 0 Å². The Kier molecular flexibility index (Phi) is 5.33. The number of nitrogens with one attached hydrogen (secondary N) is 1. The van der Waals surface area contributed by atoms with Crippen molar-refractivity contribution in [3.8, 4) is 5.75 Å². The van der Waals surface area contributed by atoms with Crippen molar-refractivity contribution in [2.75, 3.05) is 14.2 Å². The summed E-state index contributed by atoms with van der Waals surface area (Å²) in [5.74, 6) is 1.64. The number of ether oxygens (including phenoxy) is 1. The van der Waals surface area contributed by atoms with E-state index in [0.717, 1.165) is 12.2 Å². The zero-order valence-electron chi connectivity index (χ0n) is 10.8. The highest BCUT2D eigenvalue weighted by Crippen LogP contribution is 2.18. The summed E-state index contributed by atoms with van der Waals surface area (Å²) in [7, 11) is 3.73. The van der Waals surface area contributed by atoms with Crippen LogP contribution in [0.4, 0.5) is 0 Å². The molecule has 0 spiro atoms. The van der Waals surface area contributed by atoms with Crippen molar-refractivity contribution >= 4 is 0 Å². The van der Waals surface area contributed by atoms with Crippen LogP contribution in [-0.4, -0.2) is 20.2 Å². The normalized spacial score (nSPS) is 14.5. The van der Waals surface area contributed by atoms with E-state index in [1.54, 1.807) is 7.11 Å². The van der Waals surface area contributed by atoms with E-state index in [-0.39, 0.29) is 0 Å². The second kappa shape index (κ2) is 6.54. The van der Waals surface area contributed by atoms with Gasteiger partial charge in [0.15, 0.2) is 0 Å². The molecule has 0 radical (unpaired) electrons. The minimum absolute atomic E-state index is 0.584. The minimum atomic E-state index is 0.584. The Labute approximate surface area is 99.0 Å². The van der Waals surface area contributed by atoms with Crippen LogP contribution in [0.25, 0.3) is 0 Å². The largest absolute Gasteiger partial charge is 0.497 e. The molecule has 1 N–H and O–H groups in total. The average molecular weight is 221 g/mol. The lowest BCUT2D eigenvalue weighted by atomic mass is 9.95. The van der Waals surface area contributed by atoms with Crippen LogP contribution in [0.15, 0.2) is 24.3 Å². The molecule has 0 aliphatic rings. The maximum atomic E-state index is 5.23. The smallest absolute Gasteiger partial charge is 0.119 e. The molecule has 0 amide bonds. The molecule has 2 atom stereocenters. The molecule has 0 aliphatic heterocycles. The maximum absolute atomic E-state index is 5.23. The van der Waals surface area contributed by atoms with E-state index < -0.39 is 0 Å². The molecule has 2 nitrogen and oxygen atoms in total. The lowest BCUT2D eigenvalue weighted by molar-refractivity contribution is 0.412. The Balaban J connectivity index is 2.51. The number of rotatable bonds is 6. The number of hydrogen-bond acceptors (Lipinski definition) is 2. The van der Waals surface area contributed by atoms with Gasteiger partial charge in [-0.15, -0.1) is 0 Å². The third-order valence-corrected chi connectivity index (χ3v) is 2.97. The molecular weight excluding hydrogens is 198 g/mol. The standard InChI is InChI=1S/C14H23NO/c1-11(8-12(2)15-3)9-13-6-5-7-14(10-13)16-4/h5-7,10-12,15H,8-9H2,1-4H3. The third kappa shape index (κ3) is 4.23. The van der Waals surface area contributed by atoms with Crippen molar-refractivity contribution in [3.63, 3.8) is 0 Å². The molecule has 0 saturated carbocycles. The van der Waals surface area contributed by atoms with Gasteiger partial charge in [0.2, 0.25) is 0 Å². The van der Waals surface area contributed by atoms with Crippen molar-refractivity contribution in [1.82, 2.24) is 5.32 Å². The second-order valence-electron chi connectivity index (χ2n) is 4.59. The molecule has 0 saturated heterocycles. The van der Waals surface area contributed by atoms with Crippen molar-refractivity contribution in [2.24, 2.45) is 5.92 Å². The molecular formula is C14H23NO. The van der Waals surface area contributed by atoms with Crippen LogP contribution in [0.5, 0.6) is 5.75 Å². The van der Waals surface area contributed by atoms with Crippen molar-refractivity contribution in [2.45, 2.75) is 32.7 Å². The van der Waals surface area contributed by atoms with Crippen LogP contribution in [-0.2, 0) is 6.42 Å². The Hall–Kier alpha value is -1.02. The number of benzene rings is 1. The zero-order valence-corrected chi connectivity index (χ0v) is 10.8. The molecule has 2 unspecified atom stereocenters. The average Bonchev–Trinajstić information content (AvgIpc) is 2.28. The third-order valence-electron chi connectivity index (χ3n) is 2.97. The molecule has 0 aliphatic carbocycles. The summed E-state index contributed by atoms with van der Waals surface area (Å²) in [5.41, 5.74) is 1.36. The molecule has 1 aromatic carbocycles. The van der Waals surface area contributed by atoms with Crippen LogP contribution in [0.1, 0.15) is 25.8 Å².